The zero-order valence-corrected chi connectivity index (χ0v) is 12.2. The maximum atomic E-state index is 8.57. The van der Waals surface area contributed by atoms with Crippen molar-refractivity contribution in [1.29, 1.82) is 10.5 Å². The molecule has 1 aliphatic rings. The summed E-state index contributed by atoms with van der Waals surface area (Å²) in [5, 5.41) is 17.1. The highest BCUT2D eigenvalue weighted by Gasteiger charge is 2.38. The van der Waals surface area contributed by atoms with Gasteiger partial charge in [0.2, 0.25) is 0 Å². The minimum Gasteiger partial charge on any atom is -0.366 e. The van der Waals surface area contributed by atoms with Crippen LogP contribution in [-0.2, 0) is 18.9 Å². The van der Waals surface area contributed by atoms with Gasteiger partial charge in [-0.1, -0.05) is 37.8 Å². The molecule has 0 bridgehead atoms. The molecule has 0 unspecified atom stereocenters. The van der Waals surface area contributed by atoms with Crippen molar-refractivity contribution in [2.24, 2.45) is 5.41 Å². The van der Waals surface area contributed by atoms with Crippen molar-refractivity contribution in [2.75, 3.05) is 39.6 Å². The predicted molar refractivity (Wildman–Crippen MR) is 83.1 cm³/mol. The van der Waals surface area contributed by atoms with E-state index in [1.807, 2.05) is 42.5 Å². The van der Waals surface area contributed by atoms with Gasteiger partial charge in [0.25, 0.3) is 0 Å². The van der Waals surface area contributed by atoms with Gasteiger partial charge in [-0.15, -0.1) is 0 Å². The number of rotatable bonds is 7. The molecule has 0 spiro atoms. The van der Waals surface area contributed by atoms with Crippen molar-refractivity contribution in [1.82, 2.24) is 0 Å². The van der Waals surface area contributed by atoms with Crippen molar-refractivity contribution in [2.45, 2.75) is 13.7 Å². The zero-order chi connectivity index (χ0) is 15.7. The molecule has 1 saturated heterocycles. The van der Waals surface area contributed by atoms with E-state index >= 15 is 0 Å². The SMILES string of the molecule is C.N#CCOCC1(COCC#N)COC(c2ccccc2)OC1. The zero-order valence-electron chi connectivity index (χ0n) is 12.2. The van der Waals surface area contributed by atoms with Crippen LogP contribution in [-0.4, -0.2) is 39.6 Å². The molecule has 2 rings (SSSR count). The molecular weight excluding hydrogens is 296 g/mol. The van der Waals surface area contributed by atoms with Crippen molar-refractivity contribution < 1.29 is 18.9 Å². The van der Waals surface area contributed by atoms with Crippen molar-refractivity contribution in [3.63, 3.8) is 0 Å². The number of ether oxygens (including phenoxy) is 4. The average Bonchev–Trinajstić information content (AvgIpc) is 2.57. The van der Waals surface area contributed by atoms with E-state index in [-0.39, 0.29) is 33.9 Å². The second-order valence-electron chi connectivity index (χ2n) is 5.17. The molecule has 1 aromatic carbocycles. The molecule has 0 saturated carbocycles. The first-order chi connectivity index (χ1) is 10.8. The van der Waals surface area contributed by atoms with Gasteiger partial charge in [-0.05, 0) is 0 Å². The van der Waals surface area contributed by atoms with Crippen LogP contribution in [0.25, 0.3) is 0 Å². The Labute approximate surface area is 137 Å². The van der Waals surface area contributed by atoms with Gasteiger partial charge in [-0.2, -0.15) is 10.5 Å². The molecule has 0 atom stereocenters. The summed E-state index contributed by atoms with van der Waals surface area (Å²) in [6.45, 7) is 1.33. The predicted octanol–water partition coefficient (Wildman–Crippen LogP) is 2.43. The van der Waals surface area contributed by atoms with E-state index in [0.717, 1.165) is 5.56 Å². The van der Waals surface area contributed by atoms with Gasteiger partial charge >= 0.3 is 0 Å². The second-order valence-corrected chi connectivity index (χ2v) is 5.17. The van der Waals surface area contributed by atoms with Crippen LogP contribution < -0.4 is 0 Å². The van der Waals surface area contributed by atoms with Gasteiger partial charge in [-0.3, -0.25) is 0 Å². The Morgan fingerprint density at radius 3 is 2.00 bits per heavy atom. The highest BCUT2D eigenvalue weighted by atomic mass is 16.7. The second kappa shape index (κ2) is 9.94. The van der Waals surface area contributed by atoms with Crippen LogP contribution in [0.5, 0.6) is 0 Å². The number of nitrogens with zero attached hydrogens (tertiary/aromatic N) is 2. The summed E-state index contributed by atoms with van der Waals surface area (Å²) in [6.07, 6.45) is -0.416. The lowest BCUT2D eigenvalue weighted by atomic mass is 9.91. The smallest absolute Gasteiger partial charge is 0.183 e. The minimum atomic E-state index is -0.501. The maximum Gasteiger partial charge on any atom is 0.183 e. The largest absolute Gasteiger partial charge is 0.366 e. The van der Waals surface area contributed by atoms with Crippen molar-refractivity contribution in [3.05, 3.63) is 35.9 Å². The Morgan fingerprint density at radius 2 is 1.52 bits per heavy atom. The van der Waals surface area contributed by atoms with Crippen LogP contribution in [0.4, 0.5) is 0 Å². The van der Waals surface area contributed by atoms with E-state index in [1.54, 1.807) is 0 Å². The average molecular weight is 318 g/mol. The Balaban J connectivity index is 0.00000264. The van der Waals surface area contributed by atoms with Gasteiger partial charge in [0, 0.05) is 5.56 Å². The summed E-state index contributed by atoms with van der Waals surface area (Å²) in [5.74, 6) is 0. The molecule has 0 aromatic heterocycles. The number of nitriles is 2. The van der Waals surface area contributed by atoms with E-state index in [0.29, 0.717) is 13.2 Å². The van der Waals surface area contributed by atoms with Crippen LogP contribution in [0, 0.1) is 28.1 Å². The topological polar surface area (TPSA) is 84.5 Å². The molecule has 1 aromatic rings. The lowest BCUT2D eigenvalue weighted by Gasteiger charge is -2.39. The molecule has 6 nitrogen and oxygen atoms in total. The van der Waals surface area contributed by atoms with Crippen molar-refractivity contribution >= 4 is 0 Å². The maximum absolute atomic E-state index is 8.57. The summed E-state index contributed by atoms with van der Waals surface area (Å²) >= 11 is 0. The Morgan fingerprint density at radius 1 is 1.00 bits per heavy atom. The Kier molecular flexibility index (Phi) is 8.25. The fourth-order valence-electron chi connectivity index (χ4n) is 2.23. The van der Waals surface area contributed by atoms with Crippen LogP contribution in [0.15, 0.2) is 30.3 Å². The van der Waals surface area contributed by atoms with Gasteiger partial charge in [0.05, 0.1) is 44.0 Å². The van der Waals surface area contributed by atoms with Gasteiger partial charge in [0.1, 0.15) is 13.2 Å². The monoisotopic (exact) mass is 318 g/mol. The summed E-state index contributed by atoms with van der Waals surface area (Å²) in [4.78, 5) is 0. The summed E-state index contributed by atoms with van der Waals surface area (Å²) in [7, 11) is 0. The lowest BCUT2D eigenvalue weighted by Crippen LogP contribution is -2.46. The molecule has 0 radical (unpaired) electrons. The standard InChI is InChI=1S/C16H18N2O4.CH4/c17-6-8-19-10-16(11-20-9-7-18)12-21-15(22-13-16)14-4-2-1-3-5-14;/h1-5,15H,8-13H2;1H4. The molecule has 6 heteroatoms. The molecular formula is C17H22N2O4. The number of hydrogen-bond acceptors (Lipinski definition) is 6. The van der Waals surface area contributed by atoms with E-state index in [2.05, 4.69) is 0 Å². The summed E-state index contributed by atoms with van der Waals surface area (Å²) in [5.41, 5.74) is 0.450. The van der Waals surface area contributed by atoms with E-state index in [4.69, 9.17) is 29.5 Å². The quantitative estimate of drug-likeness (QED) is 0.718. The number of benzene rings is 1. The third-order valence-electron chi connectivity index (χ3n) is 3.30. The molecule has 124 valence electrons. The Hall–Kier alpha value is -1.96. The first-order valence-corrected chi connectivity index (χ1v) is 6.97. The number of hydrogen-bond donors (Lipinski definition) is 0. The first kappa shape index (κ1) is 19.1. The van der Waals surface area contributed by atoms with Crippen LogP contribution in [0.3, 0.4) is 0 Å². The molecule has 1 aliphatic heterocycles. The van der Waals surface area contributed by atoms with Gasteiger partial charge in [0.15, 0.2) is 6.29 Å². The first-order valence-electron chi connectivity index (χ1n) is 6.97. The fourth-order valence-corrected chi connectivity index (χ4v) is 2.23. The van der Waals surface area contributed by atoms with Gasteiger partial charge < -0.3 is 18.9 Å². The molecule has 0 amide bonds. The lowest BCUT2D eigenvalue weighted by molar-refractivity contribution is -0.253. The van der Waals surface area contributed by atoms with Crippen LogP contribution >= 0.6 is 0 Å². The molecule has 1 heterocycles. The third kappa shape index (κ3) is 5.63. The highest BCUT2D eigenvalue weighted by Crippen LogP contribution is 2.32. The molecule has 1 fully saturated rings. The van der Waals surface area contributed by atoms with Crippen LogP contribution in [0.2, 0.25) is 0 Å². The normalized spacial score (nSPS) is 16.8. The Bertz CT molecular complexity index is 506. The van der Waals surface area contributed by atoms with E-state index < -0.39 is 11.7 Å². The van der Waals surface area contributed by atoms with Gasteiger partial charge in [-0.25, -0.2) is 0 Å². The van der Waals surface area contributed by atoms with Crippen molar-refractivity contribution in [3.8, 4) is 12.1 Å². The van der Waals surface area contributed by atoms with E-state index in [9.17, 15) is 0 Å². The summed E-state index contributed by atoms with van der Waals surface area (Å²) in [6, 6.07) is 13.5. The third-order valence-corrected chi connectivity index (χ3v) is 3.30. The fraction of sp³-hybridized carbons (Fsp3) is 0.529. The molecule has 0 aliphatic carbocycles. The van der Waals surface area contributed by atoms with E-state index in [1.165, 1.54) is 0 Å². The van der Waals surface area contributed by atoms with Crippen LogP contribution in [0.1, 0.15) is 19.3 Å². The highest BCUT2D eigenvalue weighted by molar-refractivity contribution is 5.16. The minimum absolute atomic E-state index is 0. The summed E-state index contributed by atoms with van der Waals surface area (Å²) < 4.78 is 22.2. The molecule has 23 heavy (non-hydrogen) atoms. The molecule has 0 N–H and O–H groups in total.